The SMILES string of the molecule is Fc1c(F)c(F)c(OCCC2CCCCN2)c(F)c1F. The Hall–Kier alpha value is -1.37. The molecule has 1 aliphatic heterocycles. The lowest BCUT2D eigenvalue weighted by Crippen LogP contribution is -2.35. The van der Waals surface area contributed by atoms with Crippen molar-refractivity contribution >= 4 is 0 Å². The molecule has 1 atom stereocenters. The average Bonchev–Trinajstić information content (AvgIpc) is 2.48. The second-order valence-electron chi connectivity index (χ2n) is 4.68. The first-order chi connectivity index (χ1) is 9.52. The van der Waals surface area contributed by atoms with Gasteiger partial charge < -0.3 is 10.1 Å². The van der Waals surface area contributed by atoms with Crippen LogP contribution in [0.1, 0.15) is 25.7 Å². The Morgan fingerprint density at radius 3 is 2.05 bits per heavy atom. The lowest BCUT2D eigenvalue weighted by molar-refractivity contribution is 0.236. The predicted octanol–water partition coefficient (Wildman–Crippen LogP) is 3.29. The summed E-state index contributed by atoms with van der Waals surface area (Å²) in [5, 5.41) is 3.19. The van der Waals surface area contributed by atoms with Crippen LogP contribution in [0.15, 0.2) is 0 Å². The Balaban J connectivity index is 2.02. The number of nitrogens with one attached hydrogen (secondary N) is 1. The zero-order chi connectivity index (χ0) is 14.7. The highest BCUT2D eigenvalue weighted by Crippen LogP contribution is 2.29. The molecule has 0 amide bonds. The molecular formula is C13H14F5NO. The summed E-state index contributed by atoms with van der Waals surface area (Å²) in [6.45, 7) is 0.739. The minimum atomic E-state index is -2.18. The molecule has 112 valence electrons. The minimum Gasteiger partial charge on any atom is -0.487 e. The van der Waals surface area contributed by atoms with E-state index in [1.165, 1.54) is 0 Å². The van der Waals surface area contributed by atoms with E-state index in [1.54, 1.807) is 0 Å². The van der Waals surface area contributed by atoms with E-state index >= 15 is 0 Å². The Kier molecular flexibility index (Phi) is 4.80. The first-order valence-corrected chi connectivity index (χ1v) is 6.40. The van der Waals surface area contributed by atoms with E-state index in [9.17, 15) is 22.0 Å². The molecule has 1 aromatic carbocycles. The highest BCUT2D eigenvalue weighted by atomic mass is 19.2. The minimum absolute atomic E-state index is 0.115. The van der Waals surface area contributed by atoms with Crippen LogP contribution in [0, 0.1) is 29.1 Å². The number of hydrogen-bond acceptors (Lipinski definition) is 2. The summed E-state index contributed by atoms with van der Waals surface area (Å²) in [6.07, 6.45) is 3.45. The van der Waals surface area contributed by atoms with Crippen molar-refractivity contribution in [1.29, 1.82) is 0 Å². The second kappa shape index (κ2) is 6.39. The van der Waals surface area contributed by atoms with Gasteiger partial charge in [0.05, 0.1) is 6.61 Å². The lowest BCUT2D eigenvalue weighted by atomic mass is 10.0. The normalized spacial score (nSPS) is 19.1. The van der Waals surface area contributed by atoms with Crippen LogP contribution in [0.2, 0.25) is 0 Å². The van der Waals surface area contributed by atoms with Crippen molar-refractivity contribution in [1.82, 2.24) is 5.32 Å². The van der Waals surface area contributed by atoms with Crippen molar-refractivity contribution in [3.63, 3.8) is 0 Å². The van der Waals surface area contributed by atoms with Gasteiger partial charge in [-0.05, 0) is 25.8 Å². The third-order valence-corrected chi connectivity index (χ3v) is 3.29. The number of hydrogen-bond donors (Lipinski definition) is 1. The van der Waals surface area contributed by atoms with Crippen LogP contribution < -0.4 is 10.1 Å². The number of benzene rings is 1. The Morgan fingerprint density at radius 1 is 0.900 bits per heavy atom. The first kappa shape index (κ1) is 15.0. The van der Waals surface area contributed by atoms with Gasteiger partial charge in [0.2, 0.25) is 29.1 Å². The quantitative estimate of drug-likeness (QED) is 0.523. The molecule has 0 bridgehead atoms. The van der Waals surface area contributed by atoms with Crippen LogP contribution in [-0.4, -0.2) is 19.2 Å². The molecule has 7 heteroatoms. The smallest absolute Gasteiger partial charge is 0.206 e. The largest absolute Gasteiger partial charge is 0.487 e. The molecule has 1 fully saturated rings. The van der Waals surface area contributed by atoms with E-state index in [1.807, 2.05) is 0 Å². The van der Waals surface area contributed by atoms with E-state index < -0.39 is 34.8 Å². The van der Waals surface area contributed by atoms with Crippen molar-refractivity contribution in [3.05, 3.63) is 29.1 Å². The predicted molar refractivity (Wildman–Crippen MR) is 62.0 cm³/mol. The molecule has 0 aromatic heterocycles. The summed E-state index contributed by atoms with van der Waals surface area (Å²) in [7, 11) is 0. The van der Waals surface area contributed by atoms with Gasteiger partial charge in [-0.3, -0.25) is 0 Å². The maximum Gasteiger partial charge on any atom is 0.206 e. The van der Waals surface area contributed by atoms with Crippen molar-refractivity contribution in [2.24, 2.45) is 0 Å². The Morgan fingerprint density at radius 2 is 1.50 bits per heavy atom. The van der Waals surface area contributed by atoms with Crippen LogP contribution in [-0.2, 0) is 0 Å². The van der Waals surface area contributed by atoms with Gasteiger partial charge in [0.1, 0.15) is 0 Å². The molecule has 20 heavy (non-hydrogen) atoms. The van der Waals surface area contributed by atoms with Crippen LogP contribution in [0.25, 0.3) is 0 Å². The molecule has 1 unspecified atom stereocenters. The third kappa shape index (κ3) is 3.03. The number of ether oxygens (including phenoxy) is 1. The van der Waals surface area contributed by atoms with Gasteiger partial charge in [-0.25, -0.2) is 13.2 Å². The van der Waals surface area contributed by atoms with E-state index in [2.05, 4.69) is 5.32 Å². The second-order valence-corrected chi connectivity index (χ2v) is 4.68. The summed E-state index contributed by atoms with van der Waals surface area (Å²) in [4.78, 5) is 0. The van der Waals surface area contributed by atoms with Crippen molar-refractivity contribution in [2.75, 3.05) is 13.2 Å². The van der Waals surface area contributed by atoms with Gasteiger partial charge in [-0.2, -0.15) is 8.78 Å². The molecule has 0 spiro atoms. The third-order valence-electron chi connectivity index (χ3n) is 3.29. The fraction of sp³-hybridized carbons (Fsp3) is 0.538. The maximum atomic E-state index is 13.3. The molecular weight excluding hydrogens is 281 g/mol. The molecule has 1 N–H and O–H groups in total. The summed E-state index contributed by atoms with van der Waals surface area (Å²) < 4.78 is 70.0. The van der Waals surface area contributed by atoms with Gasteiger partial charge in [0.15, 0.2) is 5.75 Å². The van der Waals surface area contributed by atoms with Crippen LogP contribution in [0.5, 0.6) is 5.75 Å². The zero-order valence-electron chi connectivity index (χ0n) is 10.6. The van der Waals surface area contributed by atoms with Crippen LogP contribution in [0.4, 0.5) is 22.0 Å². The standard InChI is InChI=1S/C13H14F5NO/c14-8-9(15)11(17)13(12(18)10(8)16)20-6-4-7-3-1-2-5-19-7/h7,19H,1-6H2. The van der Waals surface area contributed by atoms with Gasteiger partial charge in [0, 0.05) is 6.04 Å². The number of rotatable bonds is 4. The molecule has 2 nitrogen and oxygen atoms in total. The Bertz CT molecular complexity index is 459. The van der Waals surface area contributed by atoms with Gasteiger partial charge in [-0.1, -0.05) is 6.42 Å². The van der Waals surface area contributed by atoms with Gasteiger partial charge >= 0.3 is 0 Å². The summed E-state index contributed by atoms with van der Waals surface area (Å²) in [6, 6.07) is 0.144. The van der Waals surface area contributed by atoms with Crippen molar-refractivity contribution in [3.8, 4) is 5.75 Å². The molecule has 1 saturated heterocycles. The molecule has 0 radical (unpaired) electrons. The average molecular weight is 295 g/mol. The van der Waals surface area contributed by atoms with Crippen LogP contribution >= 0.6 is 0 Å². The fourth-order valence-corrected chi connectivity index (χ4v) is 2.19. The highest BCUT2D eigenvalue weighted by Gasteiger charge is 2.27. The molecule has 1 heterocycles. The van der Waals surface area contributed by atoms with E-state index in [-0.39, 0.29) is 12.6 Å². The molecule has 0 aliphatic carbocycles. The zero-order valence-corrected chi connectivity index (χ0v) is 10.6. The lowest BCUT2D eigenvalue weighted by Gasteiger charge is -2.23. The molecule has 2 rings (SSSR count). The maximum absolute atomic E-state index is 13.3. The monoisotopic (exact) mass is 295 g/mol. The molecule has 0 saturated carbocycles. The molecule has 1 aliphatic rings. The summed E-state index contributed by atoms with van der Waals surface area (Å²) in [5.41, 5.74) is 0. The van der Waals surface area contributed by atoms with Crippen LogP contribution in [0.3, 0.4) is 0 Å². The summed E-state index contributed by atoms with van der Waals surface area (Å²) >= 11 is 0. The van der Waals surface area contributed by atoms with Crippen molar-refractivity contribution < 1.29 is 26.7 Å². The molecule has 1 aromatic rings. The number of piperidine rings is 1. The number of halogens is 5. The van der Waals surface area contributed by atoms with Gasteiger partial charge in [0.25, 0.3) is 0 Å². The summed E-state index contributed by atoms with van der Waals surface area (Å²) in [5.74, 6) is -11.2. The van der Waals surface area contributed by atoms with Gasteiger partial charge in [-0.15, -0.1) is 0 Å². The van der Waals surface area contributed by atoms with E-state index in [0.29, 0.717) is 6.42 Å². The topological polar surface area (TPSA) is 21.3 Å². The highest BCUT2D eigenvalue weighted by molar-refractivity contribution is 5.29. The fourth-order valence-electron chi connectivity index (χ4n) is 2.19. The van der Waals surface area contributed by atoms with E-state index in [0.717, 1.165) is 25.8 Å². The first-order valence-electron chi connectivity index (χ1n) is 6.40. The van der Waals surface area contributed by atoms with E-state index in [4.69, 9.17) is 4.74 Å². The van der Waals surface area contributed by atoms with Crippen molar-refractivity contribution in [2.45, 2.75) is 31.7 Å². The Labute approximate surface area is 112 Å².